The van der Waals surface area contributed by atoms with Crippen LogP contribution in [0.4, 0.5) is 8.78 Å². The summed E-state index contributed by atoms with van der Waals surface area (Å²) in [5.74, 6) is -1.92. The molecule has 2 aromatic heterocycles. The Morgan fingerprint density at radius 2 is 2.03 bits per heavy atom. The first kappa shape index (κ1) is 24.9. The number of methoxy groups -OCH3 is 1. The molecule has 3 atom stereocenters. The van der Waals surface area contributed by atoms with Crippen LogP contribution in [0.1, 0.15) is 29.4 Å². The fraction of sp³-hybridized carbons (Fsp3) is 0.375. The van der Waals surface area contributed by atoms with Crippen LogP contribution >= 0.6 is 11.6 Å². The van der Waals surface area contributed by atoms with Crippen molar-refractivity contribution in [2.75, 3.05) is 13.7 Å². The minimum Gasteiger partial charge on any atom is -0.376 e. The van der Waals surface area contributed by atoms with Gasteiger partial charge in [0, 0.05) is 32.0 Å². The van der Waals surface area contributed by atoms with Gasteiger partial charge in [0.05, 0.1) is 23.3 Å². The first-order valence-electron chi connectivity index (χ1n) is 11.0. The minimum absolute atomic E-state index is 0.0363. The number of ketones is 2. The summed E-state index contributed by atoms with van der Waals surface area (Å²) in [7, 11) is 1.27. The zero-order valence-corrected chi connectivity index (χ0v) is 19.8. The average molecular weight is 505 g/mol. The topological polar surface area (TPSA) is 94.4 Å². The van der Waals surface area contributed by atoms with E-state index in [1.807, 2.05) is 0 Å². The standard InChI is InChI=1S/C24H23ClF2N4O4/c1-13(32)22-15-8-9-28-10-18(15)31(29-22)12-20(34)30-11-17(26)24(35-2)23(30)19(33)7-6-14-4-3-5-16(25)21(14)27/h3-5,8-10,17,23-24H,6-7,11-12H2,1-2H3/t17-,23+,24+/m0/s1. The average Bonchev–Trinajstić information content (AvgIpc) is 3.37. The van der Waals surface area contributed by atoms with Crippen LogP contribution in [0, 0.1) is 5.82 Å². The van der Waals surface area contributed by atoms with Crippen molar-refractivity contribution >= 4 is 40.0 Å². The molecule has 4 rings (SSSR count). The molecule has 1 amide bonds. The highest BCUT2D eigenvalue weighted by Crippen LogP contribution is 2.28. The van der Waals surface area contributed by atoms with E-state index >= 15 is 0 Å². The first-order chi connectivity index (χ1) is 16.7. The molecule has 0 bridgehead atoms. The highest BCUT2D eigenvalue weighted by Gasteiger charge is 2.48. The summed E-state index contributed by atoms with van der Waals surface area (Å²) < 4.78 is 35.5. The fourth-order valence-corrected chi connectivity index (χ4v) is 4.63. The van der Waals surface area contributed by atoms with E-state index in [0.29, 0.717) is 10.9 Å². The lowest BCUT2D eigenvalue weighted by Crippen LogP contribution is -2.47. The lowest BCUT2D eigenvalue weighted by atomic mass is 9.99. The van der Waals surface area contributed by atoms with Crippen molar-refractivity contribution in [3.8, 4) is 0 Å². The molecule has 11 heteroatoms. The smallest absolute Gasteiger partial charge is 0.245 e. The van der Waals surface area contributed by atoms with Gasteiger partial charge in [-0.3, -0.25) is 24.0 Å². The number of carbonyl (C=O) groups is 3. The third-order valence-corrected chi connectivity index (χ3v) is 6.43. The Hall–Kier alpha value is -3.24. The number of alkyl halides is 1. The molecule has 1 saturated heterocycles. The predicted octanol–water partition coefficient (Wildman–Crippen LogP) is 3.19. The van der Waals surface area contributed by atoms with Gasteiger partial charge in [0.25, 0.3) is 0 Å². The van der Waals surface area contributed by atoms with E-state index in [2.05, 4.69) is 10.1 Å². The first-order valence-corrected chi connectivity index (χ1v) is 11.3. The molecule has 0 saturated carbocycles. The van der Waals surface area contributed by atoms with Crippen LogP contribution in [0.2, 0.25) is 5.02 Å². The number of fused-ring (bicyclic) bond motifs is 1. The number of carbonyl (C=O) groups excluding carboxylic acids is 3. The van der Waals surface area contributed by atoms with Crippen molar-refractivity contribution < 1.29 is 27.9 Å². The molecule has 3 heterocycles. The van der Waals surface area contributed by atoms with Gasteiger partial charge >= 0.3 is 0 Å². The lowest BCUT2D eigenvalue weighted by Gasteiger charge is -2.26. The molecule has 184 valence electrons. The molecule has 3 aromatic rings. The van der Waals surface area contributed by atoms with Crippen LogP contribution in [0.25, 0.3) is 10.9 Å². The molecule has 1 aromatic carbocycles. The number of Topliss-reactive ketones (excluding diaryl/α,β-unsaturated/α-hetero) is 2. The molecule has 1 aliphatic rings. The number of ether oxygens (including phenoxy) is 1. The predicted molar refractivity (Wildman–Crippen MR) is 123 cm³/mol. The van der Waals surface area contributed by atoms with Crippen molar-refractivity contribution in [1.82, 2.24) is 19.7 Å². The quantitative estimate of drug-likeness (QED) is 0.437. The Morgan fingerprint density at radius 3 is 2.74 bits per heavy atom. The number of likely N-dealkylation sites (tertiary alicyclic amines) is 1. The number of nitrogens with zero attached hydrogens (tertiary/aromatic N) is 4. The second-order valence-corrected chi connectivity index (χ2v) is 8.75. The summed E-state index contributed by atoms with van der Waals surface area (Å²) in [6.07, 6.45) is 0.154. The third-order valence-electron chi connectivity index (χ3n) is 6.14. The molecule has 0 unspecified atom stereocenters. The summed E-state index contributed by atoms with van der Waals surface area (Å²) in [6, 6.07) is 4.93. The summed E-state index contributed by atoms with van der Waals surface area (Å²) in [5, 5.41) is 4.72. The number of rotatable bonds is 8. The number of hydrogen-bond acceptors (Lipinski definition) is 6. The van der Waals surface area contributed by atoms with Gasteiger partial charge in [0.2, 0.25) is 5.91 Å². The van der Waals surface area contributed by atoms with Crippen LogP contribution in [-0.2, 0) is 27.3 Å². The van der Waals surface area contributed by atoms with Gasteiger partial charge in [-0.1, -0.05) is 23.7 Å². The SMILES string of the molecule is CO[C@H]1[C@@H](C(=O)CCc2cccc(Cl)c2F)N(C(=O)Cn2nc(C(C)=O)c3ccncc32)C[C@@H]1F. The second-order valence-electron chi connectivity index (χ2n) is 8.34. The summed E-state index contributed by atoms with van der Waals surface area (Å²) >= 11 is 5.81. The number of pyridine rings is 1. The highest BCUT2D eigenvalue weighted by molar-refractivity contribution is 6.30. The number of benzene rings is 1. The molecular formula is C24H23ClF2N4O4. The maximum atomic E-state index is 14.8. The number of amides is 1. The van der Waals surface area contributed by atoms with Gasteiger partial charge in [0.15, 0.2) is 11.6 Å². The van der Waals surface area contributed by atoms with Crippen LogP contribution in [0.3, 0.4) is 0 Å². The largest absolute Gasteiger partial charge is 0.376 e. The molecule has 0 radical (unpaired) electrons. The van der Waals surface area contributed by atoms with Gasteiger partial charge in [-0.15, -0.1) is 0 Å². The van der Waals surface area contributed by atoms with Crippen LogP contribution in [0.15, 0.2) is 36.7 Å². The van der Waals surface area contributed by atoms with E-state index in [4.69, 9.17) is 16.3 Å². The lowest BCUT2D eigenvalue weighted by molar-refractivity contribution is -0.140. The minimum atomic E-state index is -1.58. The molecule has 0 aliphatic carbocycles. The van der Waals surface area contributed by atoms with Crippen molar-refractivity contribution in [2.45, 2.75) is 44.6 Å². The fourth-order valence-electron chi connectivity index (χ4n) is 4.44. The highest BCUT2D eigenvalue weighted by atomic mass is 35.5. The summed E-state index contributed by atoms with van der Waals surface area (Å²) in [6.45, 7) is 0.699. The van der Waals surface area contributed by atoms with Gasteiger partial charge in [-0.2, -0.15) is 5.10 Å². The van der Waals surface area contributed by atoms with E-state index in [1.165, 1.54) is 43.2 Å². The molecule has 8 nitrogen and oxygen atoms in total. The van der Waals surface area contributed by atoms with Crippen LogP contribution in [-0.4, -0.2) is 69.1 Å². The van der Waals surface area contributed by atoms with E-state index in [-0.39, 0.29) is 48.0 Å². The number of aryl methyl sites for hydroxylation is 1. The number of halogens is 3. The summed E-state index contributed by atoms with van der Waals surface area (Å²) in [5.41, 5.74) is 0.898. The maximum absolute atomic E-state index is 14.8. The Morgan fingerprint density at radius 1 is 1.26 bits per heavy atom. The third kappa shape index (κ3) is 4.81. The summed E-state index contributed by atoms with van der Waals surface area (Å²) in [4.78, 5) is 43.5. The van der Waals surface area contributed by atoms with Gasteiger partial charge < -0.3 is 9.64 Å². The number of hydrogen-bond donors (Lipinski definition) is 0. The van der Waals surface area contributed by atoms with E-state index < -0.39 is 35.8 Å². The van der Waals surface area contributed by atoms with Crippen molar-refractivity contribution in [3.05, 3.63) is 58.8 Å². The monoisotopic (exact) mass is 504 g/mol. The van der Waals surface area contributed by atoms with E-state index in [9.17, 15) is 23.2 Å². The molecular weight excluding hydrogens is 482 g/mol. The maximum Gasteiger partial charge on any atom is 0.245 e. The van der Waals surface area contributed by atoms with Crippen molar-refractivity contribution in [2.24, 2.45) is 0 Å². The van der Waals surface area contributed by atoms with Gasteiger partial charge in [-0.05, 0) is 24.1 Å². The molecule has 0 N–H and O–H groups in total. The zero-order valence-electron chi connectivity index (χ0n) is 19.1. The molecule has 35 heavy (non-hydrogen) atoms. The second kappa shape index (κ2) is 10.2. The number of aromatic nitrogens is 3. The van der Waals surface area contributed by atoms with Gasteiger partial charge in [-0.25, -0.2) is 8.78 Å². The van der Waals surface area contributed by atoms with E-state index in [0.717, 1.165) is 4.90 Å². The molecule has 1 fully saturated rings. The Balaban J connectivity index is 1.56. The Labute approximate surface area is 204 Å². The Bertz CT molecular complexity index is 1300. The normalized spacial score (nSPS) is 19.9. The Kier molecular flexibility index (Phi) is 7.23. The van der Waals surface area contributed by atoms with Crippen molar-refractivity contribution in [3.63, 3.8) is 0 Å². The zero-order chi connectivity index (χ0) is 25.3. The molecule has 1 aliphatic heterocycles. The van der Waals surface area contributed by atoms with Crippen molar-refractivity contribution in [1.29, 1.82) is 0 Å². The van der Waals surface area contributed by atoms with E-state index in [1.54, 1.807) is 12.1 Å². The van der Waals surface area contributed by atoms with Crippen LogP contribution < -0.4 is 0 Å². The molecule has 0 spiro atoms. The van der Waals surface area contributed by atoms with Crippen LogP contribution in [0.5, 0.6) is 0 Å². The van der Waals surface area contributed by atoms with Gasteiger partial charge in [0.1, 0.15) is 36.4 Å².